The summed E-state index contributed by atoms with van der Waals surface area (Å²) in [7, 11) is 0. The minimum atomic E-state index is -0.476. The predicted octanol–water partition coefficient (Wildman–Crippen LogP) is 2.61. The van der Waals surface area contributed by atoms with Crippen LogP contribution in [0.2, 0.25) is 0 Å². The Kier molecular flexibility index (Phi) is 3.16. The van der Waals surface area contributed by atoms with Crippen molar-refractivity contribution in [1.29, 1.82) is 5.26 Å². The zero-order valence-corrected chi connectivity index (χ0v) is 9.20. The molecule has 88 valence electrons. The number of hydrogen-bond acceptors (Lipinski definition) is 5. The second kappa shape index (κ2) is 4.93. The Morgan fingerprint density at radius 3 is 2.83 bits per heavy atom. The van der Waals surface area contributed by atoms with Gasteiger partial charge in [0.25, 0.3) is 5.69 Å². The quantitative estimate of drug-likeness (QED) is 0.657. The number of hydrogen-bond donors (Lipinski definition) is 1. The highest BCUT2D eigenvalue weighted by Gasteiger charge is 2.12. The van der Waals surface area contributed by atoms with E-state index in [0.29, 0.717) is 17.1 Å². The number of benzene rings is 1. The monoisotopic (exact) mass is 240 g/mol. The number of aromatic nitrogens is 1. The van der Waals surface area contributed by atoms with Gasteiger partial charge in [-0.2, -0.15) is 5.26 Å². The van der Waals surface area contributed by atoms with Crippen molar-refractivity contribution in [2.45, 2.75) is 0 Å². The van der Waals surface area contributed by atoms with Crippen molar-refractivity contribution < 1.29 is 4.92 Å². The van der Waals surface area contributed by atoms with E-state index in [-0.39, 0.29) is 5.69 Å². The van der Waals surface area contributed by atoms with Crippen LogP contribution in [0.3, 0.4) is 0 Å². The first kappa shape index (κ1) is 11.5. The average molecular weight is 240 g/mol. The molecule has 0 spiro atoms. The highest BCUT2D eigenvalue weighted by Crippen LogP contribution is 2.26. The fourth-order valence-electron chi connectivity index (χ4n) is 1.44. The molecule has 1 heterocycles. The van der Waals surface area contributed by atoms with Gasteiger partial charge in [-0.15, -0.1) is 0 Å². The number of rotatable bonds is 3. The summed E-state index contributed by atoms with van der Waals surface area (Å²) in [4.78, 5) is 14.4. The van der Waals surface area contributed by atoms with E-state index >= 15 is 0 Å². The van der Waals surface area contributed by atoms with Crippen molar-refractivity contribution >= 4 is 17.2 Å². The van der Waals surface area contributed by atoms with Crippen LogP contribution >= 0.6 is 0 Å². The largest absolute Gasteiger partial charge is 0.335 e. The third kappa shape index (κ3) is 2.41. The van der Waals surface area contributed by atoms with Crippen LogP contribution in [0.15, 0.2) is 42.6 Å². The summed E-state index contributed by atoms with van der Waals surface area (Å²) in [6.07, 6.45) is 1.47. The molecule has 0 amide bonds. The van der Waals surface area contributed by atoms with E-state index in [1.54, 1.807) is 24.3 Å². The van der Waals surface area contributed by atoms with Gasteiger partial charge in [0, 0.05) is 12.3 Å². The molecule has 6 nitrogen and oxygen atoms in total. The normalized spacial score (nSPS) is 9.50. The standard InChI is InChI=1S/C12H8N4O2/c13-8-9-5-6-14-12(7-9)15-10-3-1-2-4-11(10)16(17)18/h1-7H,(H,14,15). The number of nitrogens with one attached hydrogen (secondary N) is 1. The van der Waals surface area contributed by atoms with Gasteiger partial charge in [-0.05, 0) is 18.2 Å². The molecule has 0 aliphatic rings. The number of anilines is 2. The summed E-state index contributed by atoms with van der Waals surface area (Å²) in [6.45, 7) is 0. The third-order valence-electron chi connectivity index (χ3n) is 2.25. The smallest absolute Gasteiger partial charge is 0.292 e. The Morgan fingerprint density at radius 2 is 2.11 bits per heavy atom. The zero-order valence-electron chi connectivity index (χ0n) is 9.20. The molecule has 0 bridgehead atoms. The van der Waals surface area contributed by atoms with Crippen LogP contribution in [0.4, 0.5) is 17.2 Å². The molecule has 2 rings (SSSR count). The molecule has 18 heavy (non-hydrogen) atoms. The Morgan fingerprint density at radius 1 is 1.33 bits per heavy atom. The second-order valence-electron chi connectivity index (χ2n) is 3.44. The maximum Gasteiger partial charge on any atom is 0.292 e. The molecule has 1 aromatic heterocycles. The van der Waals surface area contributed by atoms with Crippen LogP contribution in [0.1, 0.15) is 5.56 Å². The van der Waals surface area contributed by atoms with Gasteiger partial charge in [0.05, 0.1) is 16.6 Å². The van der Waals surface area contributed by atoms with E-state index in [4.69, 9.17) is 5.26 Å². The van der Waals surface area contributed by atoms with Crippen LogP contribution in [0.25, 0.3) is 0 Å². The van der Waals surface area contributed by atoms with Crippen LogP contribution in [-0.2, 0) is 0 Å². The molecule has 1 N–H and O–H groups in total. The summed E-state index contributed by atoms with van der Waals surface area (Å²) >= 11 is 0. The first-order chi connectivity index (χ1) is 8.70. The molecule has 1 aromatic carbocycles. The van der Waals surface area contributed by atoms with Crippen molar-refractivity contribution in [3.05, 3.63) is 58.3 Å². The van der Waals surface area contributed by atoms with Crippen LogP contribution in [0.5, 0.6) is 0 Å². The lowest BCUT2D eigenvalue weighted by Crippen LogP contribution is -1.98. The molecule has 2 aromatic rings. The molecular weight excluding hydrogens is 232 g/mol. The highest BCUT2D eigenvalue weighted by molar-refractivity contribution is 5.67. The molecule has 0 saturated heterocycles. The van der Waals surface area contributed by atoms with Crippen molar-refractivity contribution in [1.82, 2.24) is 4.98 Å². The highest BCUT2D eigenvalue weighted by atomic mass is 16.6. The fourth-order valence-corrected chi connectivity index (χ4v) is 1.44. The summed E-state index contributed by atoms with van der Waals surface area (Å²) in [5, 5.41) is 22.4. The van der Waals surface area contributed by atoms with Gasteiger partial charge in [-0.3, -0.25) is 10.1 Å². The van der Waals surface area contributed by atoms with Gasteiger partial charge in [0.2, 0.25) is 0 Å². The Hall–Kier alpha value is -2.94. The lowest BCUT2D eigenvalue weighted by molar-refractivity contribution is -0.383. The molecule has 0 unspecified atom stereocenters. The minimum absolute atomic E-state index is 0.0401. The van der Waals surface area contributed by atoms with E-state index in [1.807, 2.05) is 6.07 Å². The van der Waals surface area contributed by atoms with Gasteiger partial charge in [-0.1, -0.05) is 12.1 Å². The van der Waals surface area contributed by atoms with Gasteiger partial charge >= 0.3 is 0 Å². The summed E-state index contributed by atoms with van der Waals surface area (Å²) < 4.78 is 0. The summed E-state index contributed by atoms with van der Waals surface area (Å²) in [6, 6.07) is 11.3. The minimum Gasteiger partial charge on any atom is -0.335 e. The van der Waals surface area contributed by atoms with Crippen molar-refractivity contribution in [3.63, 3.8) is 0 Å². The molecule has 0 radical (unpaired) electrons. The van der Waals surface area contributed by atoms with Crippen LogP contribution in [0, 0.1) is 21.4 Å². The van der Waals surface area contributed by atoms with Gasteiger partial charge < -0.3 is 5.32 Å². The van der Waals surface area contributed by atoms with Crippen molar-refractivity contribution in [3.8, 4) is 6.07 Å². The van der Waals surface area contributed by atoms with Crippen LogP contribution < -0.4 is 5.32 Å². The molecule has 0 atom stereocenters. The SMILES string of the molecule is N#Cc1ccnc(Nc2ccccc2[N+](=O)[O-])c1. The summed E-state index contributed by atoms with van der Waals surface area (Å²) in [5.74, 6) is 0.392. The lowest BCUT2D eigenvalue weighted by atomic mass is 10.2. The average Bonchev–Trinajstić information content (AvgIpc) is 2.39. The van der Waals surface area contributed by atoms with E-state index < -0.39 is 4.92 Å². The summed E-state index contributed by atoms with van der Waals surface area (Å²) in [5.41, 5.74) is 0.734. The third-order valence-corrected chi connectivity index (χ3v) is 2.25. The number of nitro groups is 1. The molecular formula is C12H8N4O2. The van der Waals surface area contributed by atoms with Crippen molar-refractivity contribution in [2.75, 3.05) is 5.32 Å². The zero-order chi connectivity index (χ0) is 13.0. The number of nitriles is 1. The van der Waals surface area contributed by atoms with Crippen molar-refractivity contribution in [2.24, 2.45) is 0 Å². The van der Waals surface area contributed by atoms with Gasteiger partial charge in [-0.25, -0.2) is 4.98 Å². The Bertz CT molecular complexity index is 634. The Balaban J connectivity index is 2.34. The maximum absolute atomic E-state index is 10.8. The van der Waals surface area contributed by atoms with E-state index in [9.17, 15) is 10.1 Å². The molecule has 0 saturated carbocycles. The van der Waals surface area contributed by atoms with Crippen LogP contribution in [-0.4, -0.2) is 9.91 Å². The number of nitrogens with zero attached hydrogens (tertiary/aromatic N) is 3. The molecule has 0 fully saturated rings. The lowest BCUT2D eigenvalue weighted by Gasteiger charge is -2.05. The van der Waals surface area contributed by atoms with E-state index in [1.165, 1.54) is 18.3 Å². The topological polar surface area (TPSA) is 91.8 Å². The van der Waals surface area contributed by atoms with E-state index in [2.05, 4.69) is 10.3 Å². The molecule has 0 aliphatic carbocycles. The first-order valence-electron chi connectivity index (χ1n) is 5.07. The second-order valence-corrected chi connectivity index (χ2v) is 3.44. The van der Waals surface area contributed by atoms with Gasteiger partial charge in [0.1, 0.15) is 11.5 Å². The molecule has 0 aliphatic heterocycles. The fraction of sp³-hybridized carbons (Fsp3) is 0. The first-order valence-corrected chi connectivity index (χ1v) is 5.07. The number of pyridine rings is 1. The number of para-hydroxylation sites is 2. The Labute approximate surface area is 103 Å². The van der Waals surface area contributed by atoms with E-state index in [0.717, 1.165) is 0 Å². The maximum atomic E-state index is 10.8. The number of nitro benzene ring substituents is 1. The van der Waals surface area contributed by atoms with Gasteiger partial charge in [0.15, 0.2) is 0 Å². The molecule has 6 heteroatoms. The predicted molar refractivity (Wildman–Crippen MR) is 65.3 cm³/mol.